The fraction of sp³-hybridized carbons (Fsp3) is 0.857. The average Bonchev–Trinajstić information content (AvgIpc) is 3.27. The van der Waals surface area contributed by atoms with Crippen molar-refractivity contribution in [2.75, 3.05) is 13.2 Å². The van der Waals surface area contributed by atoms with E-state index >= 15 is 0 Å². The molecule has 0 rings (SSSR count). The molecule has 0 saturated carbocycles. The lowest BCUT2D eigenvalue weighted by Crippen LogP contribution is -2.45. The second kappa shape index (κ2) is 51.7. The van der Waals surface area contributed by atoms with Gasteiger partial charge in [-0.1, -0.05) is 224 Å². The monoisotopic (exact) mass is 872 g/mol. The fourth-order valence-corrected chi connectivity index (χ4v) is 8.19. The van der Waals surface area contributed by atoms with Crippen LogP contribution in [-0.4, -0.2) is 47.4 Å². The van der Waals surface area contributed by atoms with Crippen molar-refractivity contribution < 1.29 is 24.5 Å². The van der Waals surface area contributed by atoms with E-state index in [1.54, 1.807) is 0 Å². The first-order chi connectivity index (χ1) is 30.5. The van der Waals surface area contributed by atoms with Gasteiger partial charge in [0, 0.05) is 12.8 Å². The highest BCUT2D eigenvalue weighted by Gasteiger charge is 2.20. The molecule has 0 aromatic carbocycles. The van der Waals surface area contributed by atoms with Gasteiger partial charge in [-0.25, -0.2) is 0 Å². The fourth-order valence-electron chi connectivity index (χ4n) is 8.19. The Morgan fingerprint density at radius 3 is 1.26 bits per heavy atom. The molecule has 62 heavy (non-hydrogen) atoms. The number of unbranched alkanes of at least 4 members (excludes halogenated alkanes) is 33. The number of ether oxygens (including phenoxy) is 1. The third kappa shape index (κ3) is 47.6. The molecule has 0 fully saturated rings. The van der Waals surface area contributed by atoms with Crippen LogP contribution in [0.15, 0.2) is 36.5 Å². The summed E-state index contributed by atoms with van der Waals surface area (Å²) in [5.41, 5.74) is 0. The first-order valence-corrected chi connectivity index (χ1v) is 27.2. The third-order valence-corrected chi connectivity index (χ3v) is 12.4. The summed E-state index contributed by atoms with van der Waals surface area (Å²) in [6.07, 6.45) is 62.6. The maximum Gasteiger partial charge on any atom is 0.305 e. The maximum atomic E-state index is 12.5. The van der Waals surface area contributed by atoms with Crippen LogP contribution in [0.1, 0.15) is 284 Å². The van der Waals surface area contributed by atoms with Gasteiger partial charge >= 0.3 is 5.97 Å². The second-order valence-corrected chi connectivity index (χ2v) is 18.6. The number of carbonyl (C=O) groups excluding carboxylic acids is 2. The number of aliphatic hydroxyl groups excluding tert-OH is 2. The first-order valence-electron chi connectivity index (χ1n) is 27.2. The molecule has 0 aliphatic carbocycles. The van der Waals surface area contributed by atoms with Crippen LogP contribution in [-0.2, 0) is 14.3 Å². The van der Waals surface area contributed by atoms with Gasteiger partial charge in [-0.3, -0.25) is 9.59 Å². The largest absolute Gasteiger partial charge is 0.466 e. The SMILES string of the molecule is CCCCCC/C=C\C/C=C\CCCCCCCCCC(=O)OCCCC/C=C\CCCCCCCC(=O)NC(CO)C(O)CCCCCCCCCCCCCCCCCC. The summed E-state index contributed by atoms with van der Waals surface area (Å²) in [7, 11) is 0. The van der Waals surface area contributed by atoms with Crippen LogP contribution in [0.3, 0.4) is 0 Å². The summed E-state index contributed by atoms with van der Waals surface area (Å²) in [5, 5.41) is 23.2. The van der Waals surface area contributed by atoms with Crippen molar-refractivity contribution in [1.29, 1.82) is 0 Å². The van der Waals surface area contributed by atoms with E-state index in [9.17, 15) is 19.8 Å². The third-order valence-electron chi connectivity index (χ3n) is 12.4. The van der Waals surface area contributed by atoms with Gasteiger partial charge in [-0.2, -0.15) is 0 Å². The molecule has 6 nitrogen and oxygen atoms in total. The highest BCUT2D eigenvalue weighted by Crippen LogP contribution is 2.16. The number of aliphatic hydroxyl groups is 2. The lowest BCUT2D eigenvalue weighted by molar-refractivity contribution is -0.143. The van der Waals surface area contributed by atoms with Gasteiger partial charge in [0.2, 0.25) is 5.91 Å². The minimum absolute atomic E-state index is 0.0386. The summed E-state index contributed by atoms with van der Waals surface area (Å²) < 4.78 is 5.44. The van der Waals surface area contributed by atoms with Gasteiger partial charge < -0.3 is 20.3 Å². The molecule has 0 heterocycles. The van der Waals surface area contributed by atoms with Gasteiger partial charge in [0.05, 0.1) is 25.4 Å². The standard InChI is InChI=1S/C56H105NO5/c1-3-5-7-9-11-13-15-17-19-21-22-24-26-30-34-38-42-46-50-56(61)62-51-47-43-39-35-31-27-29-33-37-41-45-49-55(60)57-53(52-58)54(59)48-44-40-36-32-28-25-23-20-18-16-14-12-10-8-6-4-2/h13,15,19,21,31,35,53-54,58-59H,3-12,14,16-18,20,22-30,32-34,36-52H2,1-2H3,(H,57,60)/b15-13-,21-19-,35-31-. The molecule has 0 spiro atoms. The van der Waals surface area contributed by atoms with Crippen LogP contribution in [0, 0.1) is 0 Å². The number of hydrogen-bond acceptors (Lipinski definition) is 5. The molecule has 0 radical (unpaired) electrons. The predicted octanol–water partition coefficient (Wildman–Crippen LogP) is 16.5. The summed E-state index contributed by atoms with van der Waals surface area (Å²) >= 11 is 0. The quantitative estimate of drug-likeness (QED) is 0.0321. The molecule has 0 bridgehead atoms. The van der Waals surface area contributed by atoms with E-state index in [4.69, 9.17) is 4.74 Å². The van der Waals surface area contributed by atoms with Crippen molar-refractivity contribution in [3.8, 4) is 0 Å². The Bertz CT molecular complexity index is 1010. The molecule has 3 N–H and O–H groups in total. The topological polar surface area (TPSA) is 95.9 Å². The summed E-state index contributed by atoms with van der Waals surface area (Å²) in [6.45, 7) is 4.86. The number of hydrogen-bond donors (Lipinski definition) is 3. The summed E-state index contributed by atoms with van der Waals surface area (Å²) in [5.74, 6) is -0.103. The van der Waals surface area contributed by atoms with Crippen molar-refractivity contribution in [2.24, 2.45) is 0 Å². The van der Waals surface area contributed by atoms with Crippen LogP contribution in [0.5, 0.6) is 0 Å². The number of nitrogens with one attached hydrogen (secondary N) is 1. The number of amides is 1. The Balaban J connectivity index is 3.52. The van der Waals surface area contributed by atoms with E-state index < -0.39 is 12.1 Å². The van der Waals surface area contributed by atoms with E-state index in [1.807, 2.05) is 0 Å². The van der Waals surface area contributed by atoms with Crippen LogP contribution < -0.4 is 5.32 Å². The summed E-state index contributed by atoms with van der Waals surface area (Å²) in [4.78, 5) is 24.5. The van der Waals surface area contributed by atoms with E-state index in [1.165, 1.54) is 161 Å². The zero-order valence-corrected chi connectivity index (χ0v) is 41.4. The molecule has 0 aliphatic heterocycles. The van der Waals surface area contributed by atoms with Gasteiger partial charge in [0.15, 0.2) is 0 Å². The van der Waals surface area contributed by atoms with E-state index in [0.29, 0.717) is 25.9 Å². The van der Waals surface area contributed by atoms with E-state index in [0.717, 1.165) is 89.9 Å². The molecule has 2 atom stereocenters. The van der Waals surface area contributed by atoms with E-state index in [2.05, 4.69) is 55.6 Å². The Kier molecular flexibility index (Phi) is 50.1. The zero-order valence-electron chi connectivity index (χ0n) is 41.4. The molecule has 1 amide bonds. The van der Waals surface area contributed by atoms with Crippen LogP contribution in [0.2, 0.25) is 0 Å². The smallest absolute Gasteiger partial charge is 0.305 e. The molecule has 6 heteroatoms. The molecule has 364 valence electrons. The van der Waals surface area contributed by atoms with Gasteiger partial charge in [0.1, 0.15) is 0 Å². The van der Waals surface area contributed by atoms with Crippen molar-refractivity contribution in [2.45, 2.75) is 296 Å². The Morgan fingerprint density at radius 1 is 0.452 bits per heavy atom. The molecule has 0 saturated heterocycles. The van der Waals surface area contributed by atoms with Gasteiger partial charge in [0.25, 0.3) is 0 Å². The van der Waals surface area contributed by atoms with Gasteiger partial charge in [-0.05, 0) is 83.5 Å². The number of carbonyl (C=O) groups is 2. The summed E-state index contributed by atoms with van der Waals surface area (Å²) in [6, 6.07) is -0.563. The molecular weight excluding hydrogens is 767 g/mol. The van der Waals surface area contributed by atoms with Crippen molar-refractivity contribution >= 4 is 11.9 Å². The molecule has 2 unspecified atom stereocenters. The number of esters is 1. The maximum absolute atomic E-state index is 12.5. The number of rotatable bonds is 50. The second-order valence-electron chi connectivity index (χ2n) is 18.6. The lowest BCUT2D eigenvalue weighted by Gasteiger charge is -2.22. The van der Waals surface area contributed by atoms with Crippen LogP contribution in [0.4, 0.5) is 0 Å². The van der Waals surface area contributed by atoms with Crippen LogP contribution in [0.25, 0.3) is 0 Å². The number of allylic oxidation sites excluding steroid dienone is 6. The molecule has 0 aliphatic rings. The van der Waals surface area contributed by atoms with Crippen molar-refractivity contribution in [3.05, 3.63) is 36.5 Å². The van der Waals surface area contributed by atoms with E-state index in [-0.39, 0.29) is 18.5 Å². The zero-order chi connectivity index (χ0) is 45.1. The van der Waals surface area contributed by atoms with Crippen molar-refractivity contribution in [3.63, 3.8) is 0 Å². The average molecular weight is 872 g/mol. The molecule has 0 aromatic heterocycles. The normalized spacial score (nSPS) is 12.9. The van der Waals surface area contributed by atoms with Crippen LogP contribution >= 0.6 is 0 Å². The highest BCUT2D eigenvalue weighted by atomic mass is 16.5. The Morgan fingerprint density at radius 2 is 0.806 bits per heavy atom. The molecule has 0 aromatic rings. The lowest BCUT2D eigenvalue weighted by atomic mass is 10.0. The highest BCUT2D eigenvalue weighted by molar-refractivity contribution is 5.76. The predicted molar refractivity (Wildman–Crippen MR) is 269 cm³/mol. The minimum atomic E-state index is -0.683. The Hall–Kier alpha value is -1.92. The molecular formula is C56H105NO5. The Labute approximate surface area is 385 Å². The minimum Gasteiger partial charge on any atom is -0.466 e. The van der Waals surface area contributed by atoms with Crippen molar-refractivity contribution in [1.82, 2.24) is 5.32 Å². The first kappa shape index (κ1) is 60.1. The van der Waals surface area contributed by atoms with Gasteiger partial charge in [-0.15, -0.1) is 0 Å².